The number of carbonyl (C=O) groups excluding carboxylic acids is 2. The number of anilines is 1. The number of hydrogen-bond acceptors (Lipinski definition) is 5. The average Bonchev–Trinajstić information content (AvgIpc) is 3.09. The molecule has 3 N–H and O–H groups in total. The van der Waals surface area contributed by atoms with Gasteiger partial charge in [0.05, 0.1) is 30.2 Å². The molecule has 0 aromatic heterocycles. The summed E-state index contributed by atoms with van der Waals surface area (Å²) in [7, 11) is 0. The maximum absolute atomic E-state index is 13.4. The lowest BCUT2D eigenvalue weighted by molar-refractivity contribution is -0.123. The zero-order chi connectivity index (χ0) is 26.1. The molecule has 0 bridgehead atoms. The molecule has 1 aliphatic carbocycles. The van der Waals surface area contributed by atoms with Crippen LogP contribution in [0.1, 0.15) is 49.8 Å². The SMILES string of the molecule is CC1=C([C@H](O)CC/C(C)=C/c2cc(C)c(O)c(C)c2)[C@H](CO)[C@@H]2C(=O)N(c3ccccc3)C(=O)[C@@H]2C1. The van der Waals surface area contributed by atoms with Gasteiger partial charge in [-0.15, -0.1) is 0 Å². The molecule has 2 amide bonds. The van der Waals surface area contributed by atoms with Gasteiger partial charge in [0.25, 0.3) is 0 Å². The van der Waals surface area contributed by atoms with Crippen molar-refractivity contribution in [2.75, 3.05) is 11.5 Å². The third-order valence-electron chi connectivity index (χ3n) is 7.64. The molecule has 2 aromatic rings. The predicted octanol–water partition coefficient (Wildman–Crippen LogP) is 4.69. The van der Waals surface area contributed by atoms with Gasteiger partial charge in [-0.1, -0.05) is 35.4 Å². The van der Waals surface area contributed by atoms with Crippen LogP contribution in [0.15, 0.2) is 59.2 Å². The maximum atomic E-state index is 13.4. The second kappa shape index (κ2) is 10.4. The first-order chi connectivity index (χ1) is 17.1. The Morgan fingerprint density at radius 1 is 1.08 bits per heavy atom. The minimum absolute atomic E-state index is 0.235. The number of allylic oxidation sites excluding steroid dienone is 2. The van der Waals surface area contributed by atoms with Gasteiger partial charge in [0.2, 0.25) is 11.8 Å². The highest BCUT2D eigenvalue weighted by atomic mass is 16.3. The number of benzene rings is 2. The van der Waals surface area contributed by atoms with Gasteiger partial charge < -0.3 is 15.3 Å². The summed E-state index contributed by atoms with van der Waals surface area (Å²) >= 11 is 0. The van der Waals surface area contributed by atoms with Crippen LogP contribution in [0.3, 0.4) is 0 Å². The first kappa shape index (κ1) is 25.9. The van der Waals surface area contributed by atoms with Crippen LogP contribution in [0.4, 0.5) is 5.69 Å². The van der Waals surface area contributed by atoms with E-state index in [9.17, 15) is 24.9 Å². The number of carbonyl (C=O) groups is 2. The molecule has 1 heterocycles. The Labute approximate surface area is 212 Å². The Bertz CT molecular complexity index is 1210. The number of aliphatic hydroxyl groups is 2. The van der Waals surface area contributed by atoms with E-state index in [1.807, 2.05) is 52.0 Å². The van der Waals surface area contributed by atoms with E-state index < -0.39 is 23.9 Å². The summed E-state index contributed by atoms with van der Waals surface area (Å²) in [6, 6.07) is 12.7. The lowest BCUT2D eigenvalue weighted by Crippen LogP contribution is -2.38. The van der Waals surface area contributed by atoms with Crippen LogP contribution in [0.25, 0.3) is 6.08 Å². The van der Waals surface area contributed by atoms with Gasteiger partial charge in [-0.05, 0) is 93.5 Å². The van der Waals surface area contributed by atoms with Gasteiger partial charge >= 0.3 is 0 Å². The van der Waals surface area contributed by atoms with Crippen LogP contribution in [-0.2, 0) is 9.59 Å². The van der Waals surface area contributed by atoms with Crippen molar-refractivity contribution in [2.45, 2.75) is 53.1 Å². The average molecular weight is 490 g/mol. The van der Waals surface area contributed by atoms with E-state index in [-0.39, 0.29) is 18.4 Å². The summed E-state index contributed by atoms with van der Waals surface area (Å²) in [5.74, 6) is -2.01. The Kier molecular flexibility index (Phi) is 7.48. The highest BCUT2D eigenvalue weighted by Gasteiger charge is 2.54. The predicted molar refractivity (Wildman–Crippen MR) is 140 cm³/mol. The summed E-state index contributed by atoms with van der Waals surface area (Å²) in [5.41, 5.74) is 5.82. The Morgan fingerprint density at radius 3 is 2.33 bits per heavy atom. The lowest BCUT2D eigenvalue weighted by atomic mass is 9.68. The van der Waals surface area contributed by atoms with Gasteiger partial charge in [-0.25, -0.2) is 0 Å². The van der Waals surface area contributed by atoms with Crippen LogP contribution in [0.5, 0.6) is 5.75 Å². The third-order valence-corrected chi connectivity index (χ3v) is 7.64. The van der Waals surface area contributed by atoms with Gasteiger partial charge in [-0.3, -0.25) is 14.5 Å². The van der Waals surface area contributed by atoms with Gasteiger partial charge in [0, 0.05) is 5.92 Å². The minimum atomic E-state index is -0.816. The highest BCUT2D eigenvalue weighted by molar-refractivity contribution is 6.22. The molecule has 1 saturated heterocycles. The van der Waals surface area contributed by atoms with Crippen molar-refractivity contribution in [3.63, 3.8) is 0 Å². The lowest BCUT2D eigenvalue weighted by Gasteiger charge is -2.35. The molecule has 0 unspecified atom stereocenters. The number of amides is 2. The summed E-state index contributed by atoms with van der Waals surface area (Å²) in [4.78, 5) is 27.9. The number of hydrogen-bond donors (Lipinski definition) is 3. The topological polar surface area (TPSA) is 98.1 Å². The van der Waals surface area contributed by atoms with E-state index in [1.54, 1.807) is 24.3 Å². The normalized spacial score (nSPS) is 23.3. The van der Waals surface area contributed by atoms with E-state index >= 15 is 0 Å². The fraction of sp³-hybridized carbons (Fsp3) is 0.400. The number of fused-ring (bicyclic) bond motifs is 1. The number of phenolic OH excluding ortho intramolecular Hbond substituents is 1. The number of aryl methyl sites for hydroxylation is 2. The summed E-state index contributed by atoms with van der Waals surface area (Å²) < 4.78 is 0. The molecule has 6 nitrogen and oxygen atoms in total. The van der Waals surface area contributed by atoms with E-state index in [1.165, 1.54) is 4.90 Å². The molecule has 4 atom stereocenters. The fourth-order valence-electron chi connectivity index (χ4n) is 5.90. The second-order valence-corrected chi connectivity index (χ2v) is 10.3. The van der Waals surface area contributed by atoms with Crippen LogP contribution in [-0.4, -0.2) is 39.8 Å². The van der Waals surface area contributed by atoms with Crippen molar-refractivity contribution in [3.05, 3.63) is 75.9 Å². The van der Waals surface area contributed by atoms with Crippen molar-refractivity contribution < 1.29 is 24.9 Å². The second-order valence-electron chi connectivity index (χ2n) is 10.3. The highest BCUT2D eigenvalue weighted by Crippen LogP contribution is 2.47. The van der Waals surface area contributed by atoms with Crippen LogP contribution >= 0.6 is 0 Å². The van der Waals surface area contributed by atoms with Gasteiger partial charge in [0.1, 0.15) is 5.75 Å². The number of aromatic hydroxyl groups is 1. The first-order valence-corrected chi connectivity index (χ1v) is 12.5. The first-order valence-electron chi connectivity index (χ1n) is 12.5. The molecule has 0 saturated carbocycles. The molecule has 4 rings (SSSR count). The molecule has 1 fully saturated rings. The number of rotatable bonds is 7. The smallest absolute Gasteiger partial charge is 0.238 e. The molecule has 2 aliphatic rings. The van der Waals surface area contributed by atoms with Crippen molar-refractivity contribution >= 4 is 23.6 Å². The Hall–Kier alpha value is -3.22. The number of phenols is 1. The molecule has 6 heteroatoms. The van der Waals surface area contributed by atoms with Crippen molar-refractivity contribution in [1.29, 1.82) is 0 Å². The van der Waals surface area contributed by atoms with E-state index in [0.717, 1.165) is 27.8 Å². The molecule has 190 valence electrons. The zero-order valence-electron chi connectivity index (χ0n) is 21.4. The number of imide groups is 1. The third kappa shape index (κ3) is 4.75. The molecule has 36 heavy (non-hydrogen) atoms. The maximum Gasteiger partial charge on any atom is 0.238 e. The van der Waals surface area contributed by atoms with Crippen LogP contribution in [0, 0.1) is 31.6 Å². The molecule has 0 spiro atoms. The van der Waals surface area contributed by atoms with Crippen molar-refractivity contribution in [2.24, 2.45) is 17.8 Å². The van der Waals surface area contributed by atoms with Crippen LogP contribution < -0.4 is 4.90 Å². The summed E-state index contributed by atoms with van der Waals surface area (Å²) in [6.45, 7) is 7.34. The number of nitrogens with zero attached hydrogens (tertiary/aromatic N) is 1. The van der Waals surface area contributed by atoms with E-state index in [4.69, 9.17) is 0 Å². The van der Waals surface area contributed by atoms with Crippen LogP contribution in [0.2, 0.25) is 0 Å². The largest absolute Gasteiger partial charge is 0.507 e. The monoisotopic (exact) mass is 489 g/mol. The van der Waals surface area contributed by atoms with E-state index in [0.29, 0.717) is 36.3 Å². The zero-order valence-corrected chi connectivity index (χ0v) is 21.4. The Morgan fingerprint density at radius 2 is 1.72 bits per heavy atom. The molecule has 1 aliphatic heterocycles. The molecular weight excluding hydrogens is 454 g/mol. The molecule has 2 aromatic carbocycles. The number of aliphatic hydroxyl groups excluding tert-OH is 2. The summed E-state index contributed by atoms with van der Waals surface area (Å²) in [6.07, 6.45) is 2.71. The van der Waals surface area contributed by atoms with E-state index in [2.05, 4.69) is 0 Å². The fourth-order valence-corrected chi connectivity index (χ4v) is 5.90. The Balaban J connectivity index is 1.52. The van der Waals surface area contributed by atoms with Gasteiger partial charge in [0.15, 0.2) is 0 Å². The van der Waals surface area contributed by atoms with Crippen molar-refractivity contribution in [3.8, 4) is 5.75 Å². The summed E-state index contributed by atoms with van der Waals surface area (Å²) in [5, 5.41) is 31.5. The number of para-hydroxylation sites is 1. The quantitative estimate of drug-likeness (QED) is 0.387. The molecule has 0 radical (unpaired) electrons. The van der Waals surface area contributed by atoms with Gasteiger partial charge in [-0.2, -0.15) is 0 Å². The molecular formula is C30H35NO5. The minimum Gasteiger partial charge on any atom is -0.507 e. The standard InChI is InChI=1S/C30H35NO5/c1-17(12-21-13-19(3)28(34)20(4)14-21)10-11-25(33)26-18(2)15-23-27(24(26)16-32)30(36)31(29(23)35)22-8-6-5-7-9-22/h5-9,12-14,23-25,27,32-34H,10-11,15-16H2,1-4H3/b17-12+/t23-,24+,25-,27-/m1/s1. The van der Waals surface area contributed by atoms with Crippen molar-refractivity contribution in [1.82, 2.24) is 0 Å².